The molecule has 3 fully saturated rings. The molecule has 6 nitrogen and oxygen atoms in total. The zero-order valence-corrected chi connectivity index (χ0v) is 19.0. The Labute approximate surface area is 183 Å². The minimum atomic E-state index is 0.108. The molecule has 0 unspecified atom stereocenters. The zero-order valence-electron chi connectivity index (χ0n) is 18.2. The summed E-state index contributed by atoms with van der Waals surface area (Å²) in [6, 6.07) is 3.60. The Bertz CT molecular complexity index is 870. The fourth-order valence-electron chi connectivity index (χ4n) is 5.65. The number of hydrogen-bond acceptors (Lipinski definition) is 5. The summed E-state index contributed by atoms with van der Waals surface area (Å²) in [4.78, 5) is 17.7. The molecule has 2 aliphatic carbocycles. The Kier molecular flexibility index (Phi) is 6.12. The molecule has 0 aromatic carbocycles. The molecular formula is C23H35N5OS. The highest BCUT2D eigenvalue weighted by Crippen LogP contribution is 2.35. The SMILES string of the molecule is Cc1nn(C2CCCCC2)c2sc(C(=O)NC3CCC(N4CCNCC4)CC3)cc12. The first-order valence-electron chi connectivity index (χ1n) is 11.9. The van der Waals surface area contributed by atoms with Crippen molar-refractivity contribution in [3.63, 3.8) is 0 Å². The van der Waals surface area contributed by atoms with E-state index in [2.05, 4.69) is 33.2 Å². The highest BCUT2D eigenvalue weighted by Gasteiger charge is 2.28. The lowest BCUT2D eigenvalue weighted by Crippen LogP contribution is -2.50. The molecule has 1 aliphatic heterocycles. The van der Waals surface area contributed by atoms with E-state index in [-0.39, 0.29) is 5.91 Å². The van der Waals surface area contributed by atoms with Gasteiger partial charge in [0.05, 0.1) is 16.6 Å². The fraction of sp³-hybridized carbons (Fsp3) is 0.739. The average molecular weight is 430 g/mol. The van der Waals surface area contributed by atoms with Gasteiger partial charge in [0.15, 0.2) is 0 Å². The largest absolute Gasteiger partial charge is 0.349 e. The number of nitrogens with one attached hydrogen (secondary N) is 2. The molecule has 0 atom stereocenters. The van der Waals surface area contributed by atoms with E-state index in [1.807, 2.05) is 0 Å². The molecule has 164 valence electrons. The summed E-state index contributed by atoms with van der Waals surface area (Å²) >= 11 is 1.63. The van der Waals surface area contributed by atoms with Gasteiger partial charge >= 0.3 is 0 Å². The smallest absolute Gasteiger partial charge is 0.261 e. The number of hydrogen-bond donors (Lipinski definition) is 2. The van der Waals surface area contributed by atoms with Crippen LogP contribution in [0.4, 0.5) is 0 Å². The molecule has 0 radical (unpaired) electrons. The lowest BCUT2D eigenvalue weighted by Gasteiger charge is -2.39. The van der Waals surface area contributed by atoms with Gasteiger partial charge in [0.1, 0.15) is 4.83 Å². The van der Waals surface area contributed by atoms with Crippen molar-refractivity contribution in [2.24, 2.45) is 0 Å². The molecule has 3 aliphatic rings. The lowest BCUT2D eigenvalue weighted by atomic mass is 9.90. The summed E-state index contributed by atoms with van der Waals surface area (Å²) < 4.78 is 2.23. The number of aryl methyl sites for hydroxylation is 1. The van der Waals surface area contributed by atoms with Crippen LogP contribution in [-0.2, 0) is 0 Å². The van der Waals surface area contributed by atoms with Crippen LogP contribution in [0.5, 0.6) is 0 Å². The highest BCUT2D eigenvalue weighted by molar-refractivity contribution is 7.20. The van der Waals surface area contributed by atoms with Crippen molar-refractivity contribution in [1.82, 2.24) is 25.3 Å². The monoisotopic (exact) mass is 429 g/mol. The van der Waals surface area contributed by atoms with Crippen molar-refractivity contribution in [3.05, 3.63) is 16.6 Å². The van der Waals surface area contributed by atoms with Gasteiger partial charge in [-0.1, -0.05) is 19.3 Å². The molecular weight excluding hydrogens is 394 g/mol. The van der Waals surface area contributed by atoms with Crippen molar-refractivity contribution in [1.29, 1.82) is 0 Å². The molecule has 0 bridgehead atoms. The van der Waals surface area contributed by atoms with Gasteiger partial charge in [-0.2, -0.15) is 5.10 Å². The Morgan fingerprint density at radius 1 is 1.07 bits per heavy atom. The van der Waals surface area contributed by atoms with Crippen LogP contribution in [0.15, 0.2) is 6.07 Å². The summed E-state index contributed by atoms with van der Waals surface area (Å²) in [5, 5.41) is 12.8. The number of carbonyl (C=O) groups is 1. The van der Waals surface area contributed by atoms with Gasteiger partial charge in [-0.15, -0.1) is 11.3 Å². The average Bonchev–Trinajstić information content (AvgIpc) is 3.36. The summed E-state index contributed by atoms with van der Waals surface area (Å²) in [6.45, 7) is 6.63. The van der Waals surface area contributed by atoms with Crippen molar-refractivity contribution < 1.29 is 4.79 Å². The number of carbonyl (C=O) groups excluding carboxylic acids is 1. The van der Waals surface area contributed by atoms with Crippen LogP contribution in [0.1, 0.15) is 79.2 Å². The second kappa shape index (κ2) is 8.97. The molecule has 0 spiro atoms. The van der Waals surface area contributed by atoms with Gasteiger partial charge in [0.25, 0.3) is 5.91 Å². The van der Waals surface area contributed by atoms with Crippen LogP contribution in [0.3, 0.4) is 0 Å². The Morgan fingerprint density at radius 2 is 1.80 bits per heavy atom. The van der Waals surface area contributed by atoms with E-state index in [0.717, 1.165) is 41.9 Å². The van der Waals surface area contributed by atoms with E-state index in [1.54, 1.807) is 11.3 Å². The van der Waals surface area contributed by atoms with Crippen LogP contribution < -0.4 is 10.6 Å². The van der Waals surface area contributed by atoms with E-state index in [4.69, 9.17) is 5.10 Å². The van der Waals surface area contributed by atoms with E-state index in [9.17, 15) is 4.79 Å². The maximum absolute atomic E-state index is 13.0. The summed E-state index contributed by atoms with van der Waals surface area (Å²) in [5.41, 5.74) is 1.06. The van der Waals surface area contributed by atoms with Crippen LogP contribution in [0.2, 0.25) is 0 Å². The quantitative estimate of drug-likeness (QED) is 0.775. The van der Waals surface area contributed by atoms with Crippen LogP contribution in [-0.4, -0.2) is 58.9 Å². The van der Waals surface area contributed by atoms with Gasteiger partial charge in [-0.25, -0.2) is 0 Å². The first-order chi connectivity index (χ1) is 14.7. The summed E-state index contributed by atoms with van der Waals surface area (Å²) in [7, 11) is 0. The molecule has 2 saturated carbocycles. The van der Waals surface area contributed by atoms with E-state index in [0.29, 0.717) is 18.1 Å². The maximum Gasteiger partial charge on any atom is 0.261 e. The fourth-order valence-corrected chi connectivity index (χ4v) is 6.78. The summed E-state index contributed by atoms with van der Waals surface area (Å²) in [5.74, 6) is 0.108. The lowest BCUT2D eigenvalue weighted by molar-refractivity contribution is 0.0898. The molecule has 2 aromatic heterocycles. The van der Waals surface area contributed by atoms with E-state index < -0.39 is 0 Å². The van der Waals surface area contributed by atoms with Gasteiger partial charge in [0, 0.05) is 43.6 Å². The number of thiophene rings is 1. The molecule has 2 N–H and O–H groups in total. The Morgan fingerprint density at radius 3 is 2.53 bits per heavy atom. The second-order valence-electron chi connectivity index (χ2n) is 9.42. The number of piperazine rings is 1. The second-order valence-corrected chi connectivity index (χ2v) is 10.4. The van der Waals surface area contributed by atoms with Crippen molar-refractivity contribution in [3.8, 4) is 0 Å². The number of aromatic nitrogens is 2. The molecule has 3 heterocycles. The van der Waals surface area contributed by atoms with Gasteiger partial charge < -0.3 is 10.6 Å². The maximum atomic E-state index is 13.0. The number of rotatable bonds is 4. The van der Waals surface area contributed by atoms with Gasteiger partial charge in [-0.05, 0) is 51.5 Å². The third-order valence-corrected chi connectivity index (χ3v) is 8.54. The number of nitrogens with zero attached hydrogens (tertiary/aromatic N) is 3. The predicted octanol–water partition coefficient (Wildman–Crippen LogP) is 3.86. The summed E-state index contributed by atoms with van der Waals surface area (Å²) in [6.07, 6.45) is 11.0. The third kappa shape index (κ3) is 4.16. The normalized spacial score (nSPS) is 26.8. The first kappa shape index (κ1) is 20.5. The number of amides is 1. The minimum absolute atomic E-state index is 0.108. The molecule has 1 amide bonds. The van der Waals surface area contributed by atoms with Crippen molar-refractivity contribution >= 4 is 27.5 Å². The first-order valence-corrected chi connectivity index (χ1v) is 12.7. The van der Waals surface area contributed by atoms with Crippen LogP contribution >= 0.6 is 11.3 Å². The molecule has 30 heavy (non-hydrogen) atoms. The van der Waals surface area contributed by atoms with Crippen molar-refractivity contribution in [2.45, 2.75) is 82.8 Å². The molecule has 5 rings (SSSR count). The standard InChI is InChI=1S/C23H35N5OS/c1-16-20-15-21(30-23(20)28(26-16)19-5-3-2-4-6-19)22(29)25-17-7-9-18(10-8-17)27-13-11-24-12-14-27/h15,17-19,24H,2-14H2,1H3,(H,25,29). The Hall–Kier alpha value is -1.44. The van der Waals surface area contributed by atoms with E-state index >= 15 is 0 Å². The Balaban J connectivity index is 1.22. The van der Waals surface area contributed by atoms with Crippen LogP contribution in [0.25, 0.3) is 10.2 Å². The zero-order chi connectivity index (χ0) is 20.5. The van der Waals surface area contributed by atoms with E-state index in [1.165, 1.54) is 62.9 Å². The predicted molar refractivity (Wildman–Crippen MR) is 122 cm³/mol. The van der Waals surface area contributed by atoms with Crippen molar-refractivity contribution in [2.75, 3.05) is 26.2 Å². The topological polar surface area (TPSA) is 62.2 Å². The molecule has 1 saturated heterocycles. The number of fused-ring (bicyclic) bond motifs is 1. The third-order valence-electron chi connectivity index (χ3n) is 7.41. The van der Waals surface area contributed by atoms with Gasteiger partial charge in [-0.3, -0.25) is 14.4 Å². The highest BCUT2D eigenvalue weighted by atomic mass is 32.1. The van der Waals surface area contributed by atoms with Crippen LogP contribution in [0, 0.1) is 6.92 Å². The minimum Gasteiger partial charge on any atom is -0.349 e. The molecule has 7 heteroatoms. The molecule has 2 aromatic rings. The van der Waals surface area contributed by atoms with Gasteiger partial charge in [0.2, 0.25) is 0 Å².